The number of amides is 2. The standard InChI is InChI=1S/C24H31N3O2/c1-2-27(22-11-7-9-19-8-3-4-10-21(19)22)23(28)18-25-16-12-20(13-17-25)24(29)26-14-5-6-15-26/h3-4,7-11,20H,2,5-6,12-18H2,1H3. The lowest BCUT2D eigenvalue weighted by molar-refractivity contribution is -0.136. The minimum absolute atomic E-state index is 0.133. The average molecular weight is 394 g/mol. The SMILES string of the molecule is CCN(C(=O)CN1CCC(C(=O)N2CCCC2)CC1)c1cccc2ccccc12. The molecule has 0 spiro atoms. The van der Waals surface area contributed by atoms with Crippen molar-refractivity contribution in [1.82, 2.24) is 9.80 Å². The lowest BCUT2D eigenvalue weighted by atomic mass is 9.95. The fourth-order valence-electron chi connectivity index (χ4n) is 4.74. The molecule has 2 amide bonds. The van der Waals surface area contributed by atoms with Gasteiger partial charge in [-0.15, -0.1) is 0 Å². The first-order valence-electron chi connectivity index (χ1n) is 11.0. The van der Waals surface area contributed by atoms with Crippen molar-refractivity contribution in [3.8, 4) is 0 Å². The molecule has 0 unspecified atom stereocenters. The molecule has 0 radical (unpaired) electrons. The lowest BCUT2D eigenvalue weighted by Gasteiger charge is -2.34. The summed E-state index contributed by atoms with van der Waals surface area (Å²) in [6.07, 6.45) is 4.01. The maximum Gasteiger partial charge on any atom is 0.241 e. The summed E-state index contributed by atoms with van der Waals surface area (Å²) in [5.74, 6) is 0.604. The van der Waals surface area contributed by atoms with E-state index in [0.29, 0.717) is 19.0 Å². The molecular weight excluding hydrogens is 362 g/mol. The van der Waals surface area contributed by atoms with E-state index in [1.54, 1.807) is 0 Å². The first-order chi connectivity index (χ1) is 14.2. The van der Waals surface area contributed by atoms with E-state index in [0.717, 1.165) is 68.3 Å². The van der Waals surface area contributed by atoms with Gasteiger partial charge in [0.25, 0.3) is 0 Å². The van der Waals surface area contributed by atoms with E-state index in [4.69, 9.17) is 0 Å². The highest BCUT2D eigenvalue weighted by Crippen LogP contribution is 2.27. The Labute approximate surface area is 173 Å². The Kier molecular flexibility index (Phi) is 6.14. The molecule has 0 aliphatic carbocycles. The number of likely N-dealkylation sites (tertiary alicyclic amines) is 2. The minimum Gasteiger partial charge on any atom is -0.342 e. The van der Waals surface area contributed by atoms with E-state index in [1.165, 1.54) is 0 Å². The number of hydrogen-bond acceptors (Lipinski definition) is 3. The molecule has 2 aliphatic heterocycles. The third-order valence-electron chi connectivity index (χ3n) is 6.39. The summed E-state index contributed by atoms with van der Waals surface area (Å²) in [5.41, 5.74) is 0.981. The summed E-state index contributed by atoms with van der Waals surface area (Å²) >= 11 is 0. The predicted octanol–water partition coefficient (Wildman–Crippen LogP) is 3.53. The maximum absolute atomic E-state index is 13.1. The number of anilines is 1. The van der Waals surface area contributed by atoms with Gasteiger partial charge in [-0.25, -0.2) is 0 Å². The van der Waals surface area contributed by atoms with Crippen LogP contribution in [0.5, 0.6) is 0 Å². The van der Waals surface area contributed by atoms with Crippen molar-refractivity contribution in [2.75, 3.05) is 44.2 Å². The number of piperidine rings is 1. The number of carbonyl (C=O) groups is 2. The maximum atomic E-state index is 13.1. The van der Waals surface area contributed by atoms with E-state index in [9.17, 15) is 9.59 Å². The van der Waals surface area contributed by atoms with Crippen LogP contribution in [0.15, 0.2) is 42.5 Å². The van der Waals surface area contributed by atoms with Crippen LogP contribution in [-0.4, -0.2) is 60.9 Å². The van der Waals surface area contributed by atoms with Crippen LogP contribution in [0.3, 0.4) is 0 Å². The Morgan fingerprint density at radius 3 is 2.38 bits per heavy atom. The van der Waals surface area contributed by atoms with Gasteiger partial charge in [-0.3, -0.25) is 14.5 Å². The van der Waals surface area contributed by atoms with Crippen LogP contribution in [0, 0.1) is 5.92 Å². The Morgan fingerprint density at radius 1 is 0.966 bits per heavy atom. The second-order valence-electron chi connectivity index (χ2n) is 8.22. The molecule has 5 nitrogen and oxygen atoms in total. The van der Waals surface area contributed by atoms with Crippen molar-refractivity contribution >= 4 is 28.3 Å². The minimum atomic E-state index is 0.133. The predicted molar refractivity (Wildman–Crippen MR) is 117 cm³/mol. The molecule has 2 heterocycles. The summed E-state index contributed by atoms with van der Waals surface area (Å²) in [6.45, 7) is 6.59. The zero-order chi connectivity index (χ0) is 20.2. The van der Waals surface area contributed by atoms with E-state index in [1.807, 2.05) is 41.0 Å². The van der Waals surface area contributed by atoms with Crippen molar-refractivity contribution in [2.24, 2.45) is 5.92 Å². The number of carbonyl (C=O) groups excluding carboxylic acids is 2. The number of likely N-dealkylation sites (N-methyl/N-ethyl adjacent to an activating group) is 1. The highest BCUT2D eigenvalue weighted by molar-refractivity contribution is 6.04. The summed E-state index contributed by atoms with van der Waals surface area (Å²) < 4.78 is 0. The van der Waals surface area contributed by atoms with Crippen molar-refractivity contribution in [3.05, 3.63) is 42.5 Å². The van der Waals surface area contributed by atoms with Gasteiger partial charge in [0.05, 0.1) is 12.2 Å². The van der Waals surface area contributed by atoms with Crippen molar-refractivity contribution < 1.29 is 9.59 Å². The smallest absolute Gasteiger partial charge is 0.241 e. The number of nitrogens with zero attached hydrogens (tertiary/aromatic N) is 3. The third kappa shape index (κ3) is 4.30. The van der Waals surface area contributed by atoms with Crippen molar-refractivity contribution in [2.45, 2.75) is 32.6 Å². The number of hydrogen-bond donors (Lipinski definition) is 0. The number of fused-ring (bicyclic) bond motifs is 1. The molecule has 0 N–H and O–H groups in total. The summed E-state index contributed by atoms with van der Waals surface area (Å²) in [4.78, 5) is 31.9. The van der Waals surface area contributed by atoms with Crippen LogP contribution in [0.2, 0.25) is 0 Å². The van der Waals surface area contributed by atoms with Crippen LogP contribution in [0.25, 0.3) is 10.8 Å². The van der Waals surface area contributed by atoms with E-state index in [2.05, 4.69) is 23.1 Å². The van der Waals surface area contributed by atoms with Gasteiger partial charge >= 0.3 is 0 Å². The van der Waals surface area contributed by atoms with Crippen LogP contribution >= 0.6 is 0 Å². The van der Waals surface area contributed by atoms with Crippen LogP contribution in [-0.2, 0) is 9.59 Å². The van der Waals surface area contributed by atoms with Gasteiger partial charge in [-0.1, -0.05) is 36.4 Å². The van der Waals surface area contributed by atoms with Crippen LogP contribution in [0.1, 0.15) is 32.6 Å². The van der Waals surface area contributed by atoms with E-state index < -0.39 is 0 Å². The molecule has 2 fully saturated rings. The van der Waals surface area contributed by atoms with Crippen LogP contribution in [0.4, 0.5) is 5.69 Å². The highest BCUT2D eigenvalue weighted by atomic mass is 16.2. The third-order valence-corrected chi connectivity index (χ3v) is 6.39. The molecule has 4 rings (SSSR count). The van der Waals surface area contributed by atoms with Gasteiger partial charge in [0.2, 0.25) is 11.8 Å². The molecule has 154 valence electrons. The highest BCUT2D eigenvalue weighted by Gasteiger charge is 2.30. The summed E-state index contributed by atoms with van der Waals surface area (Å²) in [5, 5.41) is 2.26. The largest absolute Gasteiger partial charge is 0.342 e. The average Bonchev–Trinajstić information content (AvgIpc) is 3.29. The van der Waals surface area contributed by atoms with Crippen LogP contribution < -0.4 is 4.90 Å². The molecule has 29 heavy (non-hydrogen) atoms. The van der Waals surface area contributed by atoms with Gasteiger partial charge in [0.15, 0.2) is 0 Å². The fraction of sp³-hybridized carbons (Fsp3) is 0.500. The molecule has 2 aliphatic rings. The second kappa shape index (κ2) is 8.95. The fourth-order valence-corrected chi connectivity index (χ4v) is 4.74. The number of benzene rings is 2. The first kappa shape index (κ1) is 19.9. The second-order valence-corrected chi connectivity index (χ2v) is 8.22. The van der Waals surface area contributed by atoms with Gasteiger partial charge < -0.3 is 9.80 Å². The Morgan fingerprint density at radius 2 is 1.66 bits per heavy atom. The molecule has 0 atom stereocenters. The van der Waals surface area contributed by atoms with Gasteiger partial charge in [-0.2, -0.15) is 0 Å². The van der Waals surface area contributed by atoms with Crippen molar-refractivity contribution in [1.29, 1.82) is 0 Å². The van der Waals surface area contributed by atoms with E-state index >= 15 is 0 Å². The van der Waals surface area contributed by atoms with Gasteiger partial charge in [-0.05, 0) is 57.1 Å². The summed E-state index contributed by atoms with van der Waals surface area (Å²) in [6, 6.07) is 14.3. The zero-order valence-electron chi connectivity index (χ0n) is 17.3. The molecule has 2 saturated heterocycles. The zero-order valence-corrected chi connectivity index (χ0v) is 17.3. The van der Waals surface area contributed by atoms with Crippen molar-refractivity contribution in [3.63, 3.8) is 0 Å². The van der Waals surface area contributed by atoms with Gasteiger partial charge in [0.1, 0.15) is 0 Å². The number of rotatable bonds is 5. The molecule has 0 aromatic heterocycles. The topological polar surface area (TPSA) is 43.9 Å². The molecule has 5 heteroatoms. The first-order valence-corrected chi connectivity index (χ1v) is 11.0. The Balaban J connectivity index is 1.38. The van der Waals surface area contributed by atoms with E-state index in [-0.39, 0.29) is 11.8 Å². The molecular formula is C24H31N3O2. The summed E-state index contributed by atoms with van der Waals surface area (Å²) in [7, 11) is 0. The Bertz CT molecular complexity index is 862. The monoisotopic (exact) mass is 393 g/mol. The molecule has 0 bridgehead atoms. The Hall–Kier alpha value is -2.40. The quantitative estimate of drug-likeness (QED) is 0.781. The molecule has 2 aromatic carbocycles. The molecule has 2 aromatic rings. The van der Waals surface area contributed by atoms with Gasteiger partial charge in [0, 0.05) is 30.9 Å². The normalized spacial score (nSPS) is 18.3. The lowest BCUT2D eigenvalue weighted by Crippen LogP contribution is -2.46. The molecule has 0 saturated carbocycles.